The van der Waals surface area contributed by atoms with Crippen LogP contribution in [0.4, 0.5) is 8.78 Å². The van der Waals surface area contributed by atoms with Crippen molar-refractivity contribution in [1.82, 2.24) is 5.32 Å². The van der Waals surface area contributed by atoms with Crippen LogP contribution in [0.2, 0.25) is 0 Å². The molecule has 0 bridgehead atoms. The van der Waals surface area contributed by atoms with Crippen LogP contribution in [0.3, 0.4) is 0 Å². The lowest BCUT2D eigenvalue weighted by molar-refractivity contribution is 0.0524. The van der Waals surface area contributed by atoms with Gasteiger partial charge in [-0.25, -0.2) is 8.78 Å². The maximum Gasteiger partial charge on any atom is 0.251 e. The molecule has 7 heteroatoms. The second kappa shape index (κ2) is 6.09. The normalized spacial score (nSPS) is 15.0. The Morgan fingerprint density at radius 1 is 1.17 bits per heavy atom. The summed E-state index contributed by atoms with van der Waals surface area (Å²) in [6, 6.07) is 7.82. The van der Waals surface area contributed by atoms with E-state index in [9.17, 15) is 18.7 Å². The summed E-state index contributed by atoms with van der Waals surface area (Å²) in [7, 11) is 0. The smallest absolute Gasteiger partial charge is 0.251 e. The van der Waals surface area contributed by atoms with Crippen molar-refractivity contribution in [3.63, 3.8) is 0 Å². The minimum absolute atomic E-state index is 0.0320. The average molecular weight is 335 g/mol. The highest BCUT2D eigenvalue weighted by Gasteiger charge is 2.27. The maximum absolute atomic E-state index is 13.2. The van der Waals surface area contributed by atoms with Crippen molar-refractivity contribution in [3.05, 3.63) is 59.2 Å². The molecule has 1 amide bonds. The molecule has 126 valence electrons. The molecule has 1 aliphatic rings. The number of fused-ring (bicyclic) bond motifs is 1. The largest absolute Gasteiger partial charge is 0.454 e. The molecule has 3 rings (SSSR count). The first-order valence-corrected chi connectivity index (χ1v) is 7.22. The van der Waals surface area contributed by atoms with E-state index < -0.39 is 23.1 Å². The molecule has 0 spiro atoms. The van der Waals surface area contributed by atoms with E-state index in [2.05, 4.69) is 5.32 Å². The second-order valence-corrected chi connectivity index (χ2v) is 5.65. The van der Waals surface area contributed by atoms with Gasteiger partial charge in [-0.15, -0.1) is 0 Å². The van der Waals surface area contributed by atoms with Crippen LogP contribution in [-0.2, 0) is 5.60 Å². The molecule has 1 heterocycles. The molecule has 2 N–H and O–H groups in total. The quantitative estimate of drug-likeness (QED) is 0.900. The number of carbonyl (C=O) groups is 1. The lowest BCUT2D eigenvalue weighted by Crippen LogP contribution is -2.38. The molecule has 0 unspecified atom stereocenters. The lowest BCUT2D eigenvalue weighted by atomic mass is 9.95. The first-order valence-electron chi connectivity index (χ1n) is 7.22. The van der Waals surface area contributed by atoms with Gasteiger partial charge in [0.05, 0.1) is 6.54 Å². The molecule has 0 radical (unpaired) electrons. The first kappa shape index (κ1) is 16.2. The van der Waals surface area contributed by atoms with Gasteiger partial charge in [-0.05, 0) is 42.8 Å². The Bertz CT molecular complexity index is 792. The summed E-state index contributed by atoms with van der Waals surface area (Å²) in [5.74, 6) is -1.65. The summed E-state index contributed by atoms with van der Waals surface area (Å²) in [5, 5.41) is 13.1. The zero-order valence-corrected chi connectivity index (χ0v) is 12.8. The zero-order chi connectivity index (χ0) is 17.3. The fourth-order valence-electron chi connectivity index (χ4n) is 2.33. The number of nitrogens with one attached hydrogen (secondary N) is 1. The van der Waals surface area contributed by atoms with Gasteiger partial charge in [0.25, 0.3) is 5.91 Å². The van der Waals surface area contributed by atoms with Gasteiger partial charge >= 0.3 is 0 Å². The van der Waals surface area contributed by atoms with E-state index in [1.807, 2.05) is 0 Å². The van der Waals surface area contributed by atoms with Crippen LogP contribution < -0.4 is 14.8 Å². The summed E-state index contributed by atoms with van der Waals surface area (Å²) in [4.78, 5) is 12.0. The summed E-state index contributed by atoms with van der Waals surface area (Å²) in [6.45, 7) is 1.52. The van der Waals surface area contributed by atoms with Gasteiger partial charge in [-0.1, -0.05) is 6.07 Å². The number of halogens is 2. The Labute approximate surface area is 136 Å². The molecule has 1 aliphatic heterocycles. The molecule has 2 aromatic rings. The van der Waals surface area contributed by atoms with Gasteiger partial charge in [0.1, 0.15) is 5.60 Å². The Kier molecular flexibility index (Phi) is 4.11. The van der Waals surface area contributed by atoms with Crippen LogP contribution in [0.5, 0.6) is 11.5 Å². The van der Waals surface area contributed by atoms with Crippen LogP contribution in [0, 0.1) is 11.6 Å². The molecular formula is C17H15F2NO4. The fraction of sp³-hybridized carbons (Fsp3) is 0.235. The van der Waals surface area contributed by atoms with Gasteiger partial charge in [0, 0.05) is 5.56 Å². The van der Waals surface area contributed by atoms with Crippen molar-refractivity contribution in [3.8, 4) is 11.5 Å². The third-order valence-corrected chi connectivity index (χ3v) is 3.77. The summed E-state index contributed by atoms with van der Waals surface area (Å²) < 4.78 is 36.5. The number of ether oxygens (including phenoxy) is 2. The highest BCUT2D eigenvalue weighted by atomic mass is 19.2. The van der Waals surface area contributed by atoms with E-state index in [1.54, 1.807) is 18.2 Å². The Hall–Kier alpha value is -2.67. The molecule has 0 saturated heterocycles. The zero-order valence-electron chi connectivity index (χ0n) is 12.8. The van der Waals surface area contributed by atoms with Gasteiger partial charge in [0.15, 0.2) is 23.1 Å². The van der Waals surface area contributed by atoms with Crippen LogP contribution in [-0.4, -0.2) is 24.4 Å². The average Bonchev–Trinajstić information content (AvgIpc) is 3.03. The van der Waals surface area contributed by atoms with E-state index in [4.69, 9.17) is 9.47 Å². The minimum atomic E-state index is -1.38. The Balaban J connectivity index is 1.70. The lowest BCUT2D eigenvalue weighted by Gasteiger charge is -2.24. The number of benzene rings is 2. The van der Waals surface area contributed by atoms with E-state index in [0.29, 0.717) is 17.1 Å². The molecule has 0 aromatic heterocycles. The maximum atomic E-state index is 13.2. The topological polar surface area (TPSA) is 67.8 Å². The first-order chi connectivity index (χ1) is 11.4. The molecule has 1 atom stereocenters. The predicted molar refractivity (Wildman–Crippen MR) is 80.8 cm³/mol. The summed E-state index contributed by atoms with van der Waals surface area (Å²) in [5.41, 5.74) is -0.886. The van der Waals surface area contributed by atoms with Gasteiger partial charge < -0.3 is 19.9 Å². The highest BCUT2D eigenvalue weighted by Crippen LogP contribution is 2.35. The van der Waals surface area contributed by atoms with Gasteiger partial charge in [-0.3, -0.25) is 4.79 Å². The van der Waals surface area contributed by atoms with E-state index in [0.717, 1.165) is 12.1 Å². The monoisotopic (exact) mass is 335 g/mol. The van der Waals surface area contributed by atoms with Crippen LogP contribution in [0.25, 0.3) is 0 Å². The van der Waals surface area contributed by atoms with Crippen molar-refractivity contribution < 1.29 is 28.2 Å². The molecule has 24 heavy (non-hydrogen) atoms. The number of aliphatic hydroxyl groups is 1. The van der Waals surface area contributed by atoms with Crippen molar-refractivity contribution in [2.75, 3.05) is 13.3 Å². The van der Waals surface area contributed by atoms with E-state index >= 15 is 0 Å². The molecule has 0 saturated carbocycles. The van der Waals surface area contributed by atoms with Crippen molar-refractivity contribution in [1.29, 1.82) is 0 Å². The molecule has 0 fully saturated rings. The SMILES string of the molecule is C[C@@](O)(CNC(=O)c1ccc(F)c(F)c1)c1ccc2c(c1)OCO2. The third-order valence-electron chi connectivity index (χ3n) is 3.77. The highest BCUT2D eigenvalue weighted by molar-refractivity contribution is 5.94. The van der Waals surface area contributed by atoms with Crippen LogP contribution >= 0.6 is 0 Å². The summed E-state index contributed by atoms with van der Waals surface area (Å²) >= 11 is 0. The third kappa shape index (κ3) is 3.16. The minimum Gasteiger partial charge on any atom is -0.454 e. The second-order valence-electron chi connectivity index (χ2n) is 5.65. The number of hydrogen-bond acceptors (Lipinski definition) is 4. The van der Waals surface area contributed by atoms with E-state index in [-0.39, 0.29) is 18.9 Å². The number of amides is 1. The molecule has 0 aliphatic carbocycles. The Morgan fingerprint density at radius 2 is 1.92 bits per heavy atom. The molecule has 2 aromatic carbocycles. The fourth-order valence-corrected chi connectivity index (χ4v) is 2.33. The van der Waals surface area contributed by atoms with E-state index in [1.165, 1.54) is 13.0 Å². The molecular weight excluding hydrogens is 320 g/mol. The number of carbonyl (C=O) groups excluding carboxylic acids is 1. The Morgan fingerprint density at radius 3 is 2.67 bits per heavy atom. The summed E-state index contributed by atoms with van der Waals surface area (Å²) in [6.07, 6.45) is 0. The van der Waals surface area contributed by atoms with Gasteiger partial charge in [-0.2, -0.15) is 0 Å². The van der Waals surface area contributed by atoms with Gasteiger partial charge in [0.2, 0.25) is 6.79 Å². The van der Waals surface area contributed by atoms with Crippen molar-refractivity contribution in [2.45, 2.75) is 12.5 Å². The number of hydrogen-bond donors (Lipinski definition) is 2. The predicted octanol–water partition coefficient (Wildman–Crippen LogP) is 2.33. The standard InChI is InChI=1S/C17H15F2NO4/c1-17(22,11-3-5-14-15(7-11)24-9-23-14)8-20-16(21)10-2-4-12(18)13(19)6-10/h2-7,22H,8-9H2,1H3,(H,20,21)/t17-/m1/s1. The molecule has 5 nitrogen and oxygen atoms in total. The number of rotatable bonds is 4. The van der Waals surface area contributed by atoms with Crippen LogP contribution in [0.15, 0.2) is 36.4 Å². The van der Waals surface area contributed by atoms with Crippen molar-refractivity contribution >= 4 is 5.91 Å². The van der Waals surface area contributed by atoms with Crippen molar-refractivity contribution in [2.24, 2.45) is 0 Å². The van der Waals surface area contributed by atoms with Crippen LogP contribution in [0.1, 0.15) is 22.8 Å².